The van der Waals surface area contributed by atoms with Crippen LogP contribution in [0.3, 0.4) is 0 Å². The number of benzene rings is 1. The number of fused-ring (bicyclic) bond motifs is 1. The molecule has 0 unspecified atom stereocenters. The van der Waals surface area contributed by atoms with Gasteiger partial charge in [-0.25, -0.2) is 0 Å². The zero-order valence-electron chi connectivity index (χ0n) is 11.5. The van der Waals surface area contributed by atoms with E-state index in [1.54, 1.807) is 0 Å². The Kier molecular flexibility index (Phi) is 2.69. The number of ether oxygens (including phenoxy) is 1. The van der Waals surface area contributed by atoms with Crippen molar-refractivity contribution in [2.75, 3.05) is 43.1 Å². The lowest BCUT2D eigenvalue weighted by atomic mass is 9.73. The lowest BCUT2D eigenvalue weighted by Gasteiger charge is -2.53. The molecule has 0 aliphatic carbocycles. The standard InChI is InChI=1S/C16H22N2O/c1-2-13-10-14(3-4-15(13)17-7-1)18-11-16(12-18)5-8-19-9-6-16/h3-4,10,17H,1-2,5-9,11-12H2. The van der Waals surface area contributed by atoms with Crippen LogP contribution >= 0.6 is 0 Å². The number of hydrogen-bond acceptors (Lipinski definition) is 3. The van der Waals surface area contributed by atoms with Crippen LogP contribution in [0.4, 0.5) is 11.4 Å². The smallest absolute Gasteiger partial charge is 0.0472 e. The van der Waals surface area contributed by atoms with Crippen LogP contribution in [-0.4, -0.2) is 32.8 Å². The molecule has 0 radical (unpaired) electrons. The lowest BCUT2D eigenvalue weighted by Crippen LogP contribution is -2.58. The monoisotopic (exact) mass is 258 g/mol. The molecule has 1 spiro atoms. The van der Waals surface area contributed by atoms with Gasteiger partial charge in [0.15, 0.2) is 0 Å². The molecule has 4 rings (SSSR count). The van der Waals surface area contributed by atoms with Gasteiger partial charge in [0.1, 0.15) is 0 Å². The van der Waals surface area contributed by atoms with Gasteiger partial charge in [0.05, 0.1) is 0 Å². The van der Waals surface area contributed by atoms with E-state index in [0.29, 0.717) is 5.41 Å². The van der Waals surface area contributed by atoms with Gasteiger partial charge >= 0.3 is 0 Å². The molecule has 3 nitrogen and oxygen atoms in total. The van der Waals surface area contributed by atoms with E-state index in [1.165, 1.54) is 55.7 Å². The highest BCUT2D eigenvalue weighted by molar-refractivity contribution is 5.62. The second-order valence-electron chi connectivity index (χ2n) is 6.34. The fourth-order valence-electron chi connectivity index (χ4n) is 3.72. The quantitative estimate of drug-likeness (QED) is 0.838. The molecule has 1 aromatic carbocycles. The summed E-state index contributed by atoms with van der Waals surface area (Å²) in [6.07, 6.45) is 4.98. The van der Waals surface area contributed by atoms with Crippen LogP contribution in [0.15, 0.2) is 18.2 Å². The fourth-order valence-corrected chi connectivity index (χ4v) is 3.72. The number of nitrogens with zero attached hydrogens (tertiary/aromatic N) is 1. The third-order valence-electron chi connectivity index (χ3n) is 5.00. The van der Waals surface area contributed by atoms with Gasteiger partial charge < -0.3 is 15.0 Å². The molecule has 0 amide bonds. The topological polar surface area (TPSA) is 24.5 Å². The minimum Gasteiger partial charge on any atom is -0.385 e. The Labute approximate surface area is 114 Å². The van der Waals surface area contributed by atoms with E-state index in [9.17, 15) is 0 Å². The molecular weight excluding hydrogens is 236 g/mol. The molecule has 0 atom stereocenters. The lowest BCUT2D eigenvalue weighted by molar-refractivity contribution is -0.000194. The van der Waals surface area contributed by atoms with Crippen LogP contribution < -0.4 is 10.2 Å². The van der Waals surface area contributed by atoms with E-state index in [2.05, 4.69) is 28.4 Å². The molecule has 3 heteroatoms. The third kappa shape index (κ3) is 2.00. The Hall–Kier alpha value is -1.22. The van der Waals surface area contributed by atoms with Crippen LogP contribution in [-0.2, 0) is 11.2 Å². The fraction of sp³-hybridized carbons (Fsp3) is 0.625. The van der Waals surface area contributed by atoms with Gasteiger partial charge in [-0.2, -0.15) is 0 Å². The van der Waals surface area contributed by atoms with Crippen molar-refractivity contribution in [3.8, 4) is 0 Å². The summed E-state index contributed by atoms with van der Waals surface area (Å²) in [6, 6.07) is 6.94. The summed E-state index contributed by atoms with van der Waals surface area (Å²) in [5.74, 6) is 0. The summed E-state index contributed by atoms with van der Waals surface area (Å²) in [4.78, 5) is 2.54. The average Bonchev–Trinajstić information content (AvgIpc) is 2.45. The molecule has 3 heterocycles. The van der Waals surface area contributed by atoms with Gasteiger partial charge in [0.2, 0.25) is 0 Å². The van der Waals surface area contributed by atoms with Gasteiger partial charge in [-0.05, 0) is 49.4 Å². The number of aryl methyl sites for hydroxylation is 1. The second-order valence-corrected chi connectivity index (χ2v) is 6.34. The highest BCUT2D eigenvalue weighted by atomic mass is 16.5. The molecule has 1 N–H and O–H groups in total. The predicted molar refractivity (Wildman–Crippen MR) is 78.0 cm³/mol. The van der Waals surface area contributed by atoms with E-state index in [0.717, 1.165) is 19.8 Å². The normalized spacial score (nSPS) is 24.5. The van der Waals surface area contributed by atoms with Gasteiger partial charge in [0.25, 0.3) is 0 Å². The molecule has 2 fully saturated rings. The minimum absolute atomic E-state index is 0.562. The zero-order valence-corrected chi connectivity index (χ0v) is 11.5. The van der Waals surface area contributed by atoms with Crippen molar-refractivity contribution in [1.82, 2.24) is 0 Å². The van der Waals surface area contributed by atoms with Crippen molar-refractivity contribution in [3.05, 3.63) is 23.8 Å². The first-order valence-corrected chi connectivity index (χ1v) is 7.54. The summed E-state index contributed by atoms with van der Waals surface area (Å²) in [6.45, 7) is 5.49. The van der Waals surface area contributed by atoms with Gasteiger partial charge in [-0.15, -0.1) is 0 Å². The molecule has 0 saturated carbocycles. The second kappa shape index (κ2) is 4.41. The summed E-state index contributed by atoms with van der Waals surface area (Å²) in [7, 11) is 0. The molecule has 3 aliphatic heterocycles. The van der Waals surface area contributed by atoms with Gasteiger partial charge in [-0.3, -0.25) is 0 Å². The number of anilines is 2. The molecule has 0 aromatic heterocycles. The highest BCUT2D eigenvalue weighted by Crippen LogP contribution is 2.42. The largest absolute Gasteiger partial charge is 0.385 e. The third-order valence-corrected chi connectivity index (χ3v) is 5.00. The first-order chi connectivity index (χ1) is 9.35. The minimum atomic E-state index is 0.562. The van der Waals surface area contributed by atoms with Gasteiger partial charge in [-0.1, -0.05) is 0 Å². The molecule has 102 valence electrons. The summed E-state index contributed by atoms with van der Waals surface area (Å²) in [5.41, 5.74) is 4.82. The first-order valence-electron chi connectivity index (χ1n) is 7.54. The summed E-state index contributed by atoms with van der Waals surface area (Å²) in [5, 5.41) is 3.49. The van der Waals surface area contributed by atoms with Crippen LogP contribution in [0.1, 0.15) is 24.8 Å². The molecule has 3 aliphatic rings. The van der Waals surface area contributed by atoms with Crippen LogP contribution in [0.2, 0.25) is 0 Å². The summed E-state index contributed by atoms with van der Waals surface area (Å²) < 4.78 is 5.49. The van der Waals surface area contributed by atoms with Crippen molar-refractivity contribution < 1.29 is 4.74 Å². The summed E-state index contributed by atoms with van der Waals surface area (Å²) >= 11 is 0. The van der Waals surface area contributed by atoms with Gasteiger partial charge in [0, 0.05) is 49.6 Å². The molecule has 0 bridgehead atoms. The van der Waals surface area contributed by atoms with Crippen molar-refractivity contribution in [3.63, 3.8) is 0 Å². The Bertz CT molecular complexity index is 472. The van der Waals surface area contributed by atoms with E-state index < -0.39 is 0 Å². The maximum atomic E-state index is 5.49. The number of nitrogens with one attached hydrogen (secondary N) is 1. The van der Waals surface area contributed by atoms with Crippen molar-refractivity contribution in [1.29, 1.82) is 0 Å². The molecule has 19 heavy (non-hydrogen) atoms. The van der Waals surface area contributed by atoms with E-state index >= 15 is 0 Å². The maximum absolute atomic E-state index is 5.49. The SMILES string of the molecule is c1cc2c(cc1N1CC3(CCOCC3)C1)CCCN2. The molecule has 1 aromatic rings. The Balaban J connectivity index is 1.49. The first kappa shape index (κ1) is 11.6. The average molecular weight is 258 g/mol. The van der Waals surface area contributed by atoms with Crippen LogP contribution in [0, 0.1) is 5.41 Å². The molecule has 2 saturated heterocycles. The Morgan fingerprint density at radius 2 is 2.00 bits per heavy atom. The predicted octanol–water partition coefficient (Wildman–Crippen LogP) is 2.66. The van der Waals surface area contributed by atoms with Crippen LogP contribution in [0.5, 0.6) is 0 Å². The van der Waals surface area contributed by atoms with E-state index in [1.807, 2.05) is 0 Å². The maximum Gasteiger partial charge on any atom is 0.0472 e. The Morgan fingerprint density at radius 1 is 1.16 bits per heavy atom. The number of hydrogen-bond donors (Lipinski definition) is 1. The van der Waals surface area contributed by atoms with E-state index in [4.69, 9.17) is 4.74 Å². The Morgan fingerprint density at radius 3 is 2.84 bits per heavy atom. The number of rotatable bonds is 1. The van der Waals surface area contributed by atoms with Crippen LogP contribution in [0.25, 0.3) is 0 Å². The van der Waals surface area contributed by atoms with Crippen molar-refractivity contribution in [2.24, 2.45) is 5.41 Å². The zero-order chi connectivity index (χ0) is 12.7. The van der Waals surface area contributed by atoms with Crippen molar-refractivity contribution >= 4 is 11.4 Å². The van der Waals surface area contributed by atoms with Crippen molar-refractivity contribution in [2.45, 2.75) is 25.7 Å². The molecular formula is C16H22N2O. The van der Waals surface area contributed by atoms with E-state index in [-0.39, 0.29) is 0 Å². The highest BCUT2D eigenvalue weighted by Gasteiger charge is 2.43.